The maximum Gasteiger partial charge on any atom is 0.259 e. The molecule has 2 amide bonds. The van der Waals surface area contributed by atoms with E-state index in [2.05, 4.69) is 15.5 Å². The summed E-state index contributed by atoms with van der Waals surface area (Å²) in [6, 6.07) is 17.6. The first-order valence-electron chi connectivity index (χ1n) is 11.5. The average Bonchev–Trinajstić information content (AvgIpc) is 3.44. The third-order valence-electron chi connectivity index (χ3n) is 6.23. The topological polar surface area (TPSA) is 88.3 Å². The molecule has 2 aromatic carbocycles. The summed E-state index contributed by atoms with van der Waals surface area (Å²) in [4.78, 5) is 31.7. The Hall–Kier alpha value is -4.00. The number of fused-ring (bicyclic) bond motifs is 1. The van der Waals surface area contributed by atoms with E-state index in [9.17, 15) is 9.59 Å². The Labute approximate surface area is 197 Å². The molecule has 0 aliphatic carbocycles. The first kappa shape index (κ1) is 21.8. The maximum absolute atomic E-state index is 13.4. The zero-order valence-corrected chi connectivity index (χ0v) is 19.3. The number of nitrogens with zero attached hydrogens (tertiary/aromatic N) is 3. The molecule has 1 saturated heterocycles. The number of benzene rings is 2. The van der Waals surface area contributed by atoms with Gasteiger partial charge in [0.25, 0.3) is 11.6 Å². The van der Waals surface area contributed by atoms with Gasteiger partial charge >= 0.3 is 0 Å². The predicted molar refractivity (Wildman–Crippen MR) is 129 cm³/mol. The SMILES string of the molecule is Cc1ccc(-c2noc3nc(C)cc(C(=O)NCc4ccccc4CN4CCCC4=O)c23)cc1. The van der Waals surface area contributed by atoms with Gasteiger partial charge in [-0.2, -0.15) is 0 Å². The van der Waals surface area contributed by atoms with Gasteiger partial charge in [0.15, 0.2) is 0 Å². The number of nitrogens with one attached hydrogen (secondary N) is 1. The van der Waals surface area contributed by atoms with E-state index in [1.54, 1.807) is 6.07 Å². The first-order chi connectivity index (χ1) is 16.5. The third kappa shape index (κ3) is 4.29. The van der Waals surface area contributed by atoms with Gasteiger partial charge in [-0.25, -0.2) is 4.98 Å². The number of carbonyl (C=O) groups excluding carboxylic acids is 2. The lowest BCUT2D eigenvalue weighted by atomic mass is 10.0. The summed E-state index contributed by atoms with van der Waals surface area (Å²) in [5.74, 6) is -0.0382. The summed E-state index contributed by atoms with van der Waals surface area (Å²) in [7, 11) is 0. The summed E-state index contributed by atoms with van der Waals surface area (Å²) in [6.07, 6.45) is 1.51. The molecule has 0 saturated carbocycles. The van der Waals surface area contributed by atoms with Gasteiger partial charge in [0.2, 0.25) is 5.91 Å². The van der Waals surface area contributed by atoms with E-state index in [1.165, 1.54) is 0 Å². The second-order valence-electron chi connectivity index (χ2n) is 8.76. The summed E-state index contributed by atoms with van der Waals surface area (Å²) in [6.45, 7) is 5.54. The number of pyridine rings is 1. The Morgan fingerprint density at radius 1 is 1.09 bits per heavy atom. The van der Waals surface area contributed by atoms with Crippen LogP contribution in [0.25, 0.3) is 22.4 Å². The highest BCUT2D eigenvalue weighted by Crippen LogP contribution is 2.30. The molecular weight excluding hydrogens is 428 g/mol. The van der Waals surface area contributed by atoms with Gasteiger partial charge in [-0.05, 0) is 37.5 Å². The molecule has 4 aromatic rings. The van der Waals surface area contributed by atoms with Gasteiger partial charge in [-0.15, -0.1) is 0 Å². The van der Waals surface area contributed by atoms with Crippen molar-refractivity contribution in [2.24, 2.45) is 0 Å². The molecule has 1 N–H and O–H groups in total. The van der Waals surface area contributed by atoms with E-state index in [1.807, 2.05) is 67.3 Å². The molecule has 0 unspecified atom stereocenters. The van der Waals surface area contributed by atoms with Crippen LogP contribution in [-0.4, -0.2) is 33.4 Å². The van der Waals surface area contributed by atoms with Crippen molar-refractivity contribution >= 4 is 22.9 Å². The Bertz CT molecular complexity index is 1370. The van der Waals surface area contributed by atoms with Crippen LogP contribution in [-0.2, 0) is 17.9 Å². The molecule has 0 radical (unpaired) electrons. The molecule has 0 atom stereocenters. The molecule has 1 aliphatic heterocycles. The van der Waals surface area contributed by atoms with Gasteiger partial charge in [0, 0.05) is 37.3 Å². The van der Waals surface area contributed by atoms with Crippen LogP contribution in [0.3, 0.4) is 0 Å². The number of likely N-dealkylation sites (tertiary alicyclic amines) is 1. The van der Waals surface area contributed by atoms with E-state index in [0.29, 0.717) is 47.6 Å². The fraction of sp³-hybridized carbons (Fsp3) is 0.259. The van der Waals surface area contributed by atoms with Gasteiger partial charge in [0.05, 0.1) is 10.9 Å². The fourth-order valence-electron chi connectivity index (χ4n) is 4.39. The molecule has 0 bridgehead atoms. The lowest BCUT2D eigenvalue weighted by Crippen LogP contribution is -2.27. The minimum absolute atomic E-state index is 0.185. The number of carbonyl (C=O) groups is 2. The van der Waals surface area contributed by atoms with Crippen LogP contribution in [0.5, 0.6) is 0 Å². The van der Waals surface area contributed by atoms with E-state index in [4.69, 9.17) is 4.52 Å². The van der Waals surface area contributed by atoms with Crippen molar-refractivity contribution in [1.82, 2.24) is 20.4 Å². The van der Waals surface area contributed by atoms with Gasteiger partial charge in [-0.3, -0.25) is 9.59 Å². The molecule has 2 aromatic heterocycles. The molecule has 7 heteroatoms. The first-order valence-corrected chi connectivity index (χ1v) is 11.5. The highest BCUT2D eigenvalue weighted by atomic mass is 16.5. The quantitative estimate of drug-likeness (QED) is 0.461. The van der Waals surface area contributed by atoms with Gasteiger partial charge in [0.1, 0.15) is 5.69 Å². The van der Waals surface area contributed by atoms with Crippen molar-refractivity contribution in [2.75, 3.05) is 6.54 Å². The second-order valence-corrected chi connectivity index (χ2v) is 8.76. The van der Waals surface area contributed by atoms with Crippen molar-refractivity contribution in [3.63, 3.8) is 0 Å². The molecule has 0 spiro atoms. The van der Waals surface area contributed by atoms with Crippen LogP contribution < -0.4 is 5.32 Å². The minimum Gasteiger partial charge on any atom is -0.348 e. The fourth-order valence-corrected chi connectivity index (χ4v) is 4.39. The van der Waals surface area contributed by atoms with Crippen molar-refractivity contribution in [1.29, 1.82) is 0 Å². The molecule has 3 heterocycles. The third-order valence-corrected chi connectivity index (χ3v) is 6.23. The van der Waals surface area contributed by atoms with Crippen LogP contribution in [0.1, 0.15) is 45.6 Å². The highest BCUT2D eigenvalue weighted by molar-refractivity contribution is 6.09. The van der Waals surface area contributed by atoms with Crippen molar-refractivity contribution in [3.8, 4) is 11.3 Å². The number of aryl methyl sites for hydroxylation is 2. The zero-order valence-electron chi connectivity index (χ0n) is 19.3. The van der Waals surface area contributed by atoms with Crippen LogP contribution >= 0.6 is 0 Å². The molecule has 34 heavy (non-hydrogen) atoms. The van der Waals surface area contributed by atoms with Crippen molar-refractivity contribution in [2.45, 2.75) is 39.8 Å². The van der Waals surface area contributed by atoms with Gasteiger partial charge in [-0.1, -0.05) is 59.3 Å². The standard InChI is InChI=1S/C27H26N4O3/c1-17-9-11-19(12-10-17)25-24-22(14-18(2)29-27(24)34-30-25)26(33)28-15-20-6-3-4-7-21(20)16-31-13-5-8-23(31)32/h3-4,6-7,9-12,14H,5,8,13,15-16H2,1-2H3,(H,28,33). The molecule has 1 fully saturated rings. The van der Waals surface area contributed by atoms with Crippen LogP contribution in [0.4, 0.5) is 0 Å². The number of amides is 2. The monoisotopic (exact) mass is 454 g/mol. The Kier molecular flexibility index (Phi) is 5.84. The average molecular weight is 455 g/mol. The largest absolute Gasteiger partial charge is 0.348 e. The van der Waals surface area contributed by atoms with Crippen LogP contribution in [0.15, 0.2) is 59.1 Å². The molecular formula is C27H26N4O3. The summed E-state index contributed by atoms with van der Waals surface area (Å²) in [5.41, 5.74) is 6.13. The van der Waals surface area contributed by atoms with E-state index < -0.39 is 0 Å². The number of rotatable bonds is 6. The Morgan fingerprint density at radius 3 is 2.59 bits per heavy atom. The maximum atomic E-state index is 13.4. The van der Waals surface area contributed by atoms with Gasteiger partial charge < -0.3 is 14.7 Å². The van der Waals surface area contributed by atoms with E-state index >= 15 is 0 Å². The summed E-state index contributed by atoms with van der Waals surface area (Å²) < 4.78 is 5.49. The molecule has 7 nitrogen and oxygen atoms in total. The molecule has 172 valence electrons. The Morgan fingerprint density at radius 2 is 1.85 bits per heavy atom. The lowest BCUT2D eigenvalue weighted by Gasteiger charge is -2.18. The lowest BCUT2D eigenvalue weighted by molar-refractivity contribution is -0.128. The molecule has 1 aliphatic rings. The second kappa shape index (κ2) is 9.09. The highest BCUT2D eigenvalue weighted by Gasteiger charge is 2.23. The number of hydrogen-bond donors (Lipinski definition) is 1. The molecule has 5 rings (SSSR count). The predicted octanol–water partition coefficient (Wildman–Crippen LogP) is 4.56. The Balaban J connectivity index is 1.42. The minimum atomic E-state index is -0.223. The normalized spacial score (nSPS) is 13.6. The smallest absolute Gasteiger partial charge is 0.259 e. The number of aromatic nitrogens is 2. The summed E-state index contributed by atoms with van der Waals surface area (Å²) >= 11 is 0. The van der Waals surface area contributed by atoms with E-state index in [-0.39, 0.29) is 11.8 Å². The van der Waals surface area contributed by atoms with E-state index in [0.717, 1.165) is 35.2 Å². The zero-order chi connectivity index (χ0) is 23.7. The van der Waals surface area contributed by atoms with Crippen molar-refractivity contribution < 1.29 is 14.1 Å². The van der Waals surface area contributed by atoms with Crippen molar-refractivity contribution in [3.05, 3.63) is 82.5 Å². The summed E-state index contributed by atoms with van der Waals surface area (Å²) in [5, 5.41) is 7.87. The van der Waals surface area contributed by atoms with Crippen LogP contribution in [0.2, 0.25) is 0 Å². The van der Waals surface area contributed by atoms with Crippen LogP contribution in [0, 0.1) is 13.8 Å². The number of hydrogen-bond acceptors (Lipinski definition) is 5.